The van der Waals surface area contributed by atoms with Crippen molar-refractivity contribution < 1.29 is 14.4 Å². The van der Waals surface area contributed by atoms with Crippen molar-refractivity contribution in [3.05, 3.63) is 70.8 Å². The summed E-state index contributed by atoms with van der Waals surface area (Å²) >= 11 is 0. The van der Waals surface area contributed by atoms with Gasteiger partial charge in [0.15, 0.2) is 0 Å². The molecule has 2 aromatic rings. The highest BCUT2D eigenvalue weighted by Gasteiger charge is 2.34. The first-order valence-corrected chi connectivity index (χ1v) is 9.19. The van der Waals surface area contributed by atoms with Crippen molar-refractivity contribution in [2.75, 3.05) is 6.54 Å². The highest BCUT2D eigenvalue weighted by molar-refractivity contribution is 6.21. The highest BCUT2D eigenvalue weighted by atomic mass is 16.2. The fraction of sp³-hybridized carbons (Fsp3) is 0.182. The second kappa shape index (κ2) is 9.33. The first-order valence-electron chi connectivity index (χ1n) is 9.19. The Hall–Kier alpha value is -3.92. The van der Waals surface area contributed by atoms with Gasteiger partial charge in [-0.25, -0.2) is 10.2 Å². The van der Waals surface area contributed by atoms with Gasteiger partial charge in [0.1, 0.15) is 0 Å². The van der Waals surface area contributed by atoms with E-state index in [1.165, 1.54) is 11.1 Å². The van der Waals surface area contributed by atoms with Crippen molar-refractivity contribution in [2.45, 2.75) is 19.3 Å². The number of hydrazone groups is 1. The Kier molecular flexibility index (Phi) is 6.38. The summed E-state index contributed by atoms with van der Waals surface area (Å²) in [5.74, 6) is 5.74. The fourth-order valence-corrected chi connectivity index (χ4v) is 2.91. The quantitative estimate of drug-likeness (QED) is 0.261. The average molecular weight is 388 g/mol. The molecule has 29 heavy (non-hydrogen) atoms. The van der Waals surface area contributed by atoms with Crippen LogP contribution in [0.15, 0.2) is 53.6 Å². The number of unbranched alkanes of at least 4 members (excludes halogenated alkanes) is 2. The second-order valence-corrected chi connectivity index (χ2v) is 6.42. The minimum absolute atomic E-state index is 0.216. The van der Waals surface area contributed by atoms with Crippen LogP contribution in [0.1, 0.15) is 51.1 Å². The molecular formula is C22H20N4O3. The van der Waals surface area contributed by atoms with Crippen molar-refractivity contribution in [1.82, 2.24) is 10.3 Å². The normalized spacial score (nSPS) is 12.6. The van der Waals surface area contributed by atoms with Gasteiger partial charge in [0, 0.05) is 18.5 Å². The minimum atomic E-state index is -0.716. The van der Waals surface area contributed by atoms with Gasteiger partial charge in [0.2, 0.25) is 0 Å². The number of nitrogens with two attached hydrogens (primary N) is 1. The van der Waals surface area contributed by atoms with Crippen LogP contribution in [0.5, 0.6) is 0 Å². The first-order chi connectivity index (χ1) is 14.1. The highest BCUT2D eigenvalue weighted by Crippen LogP contribution is 2.22. The van der Waals surface area contributed by atoms with Crippen molar-refractivity contribution in [1.29, 1.82) is 0 Å². The lowest BCUT2D eigenvalue weighted by molar-refractivity contribution is 0.0652. The van der Waals surface area contributed by atoms with Crippen LogP contribution in [0.4, 0.5) is 4.79 Å². The molecule has 4 amide bonds. The zero-order valence-electron chi connectivity index (χ0n) is 15.7. The average Bonchev–Trinajstić information content (AvgIpc) is 2.96. The minimum Gasteiger partial charge on any atom is -0.350 e. The van der Waals surface area contributed by atoms with Gasteiger partial charge in [-0.05, 0) is 42.7 Å². The van der Waals surface area contributed by atoms with Gasteiger partial charge in [0.25, 0.3) is 11.8 Å². The SMILES string of the molecule is NC(=O)NN=Cc1ccc(C#CCCCCN2C(=O)c3ccccc3C2=O)cc1. The molecule has 7 nitrogen and oxygen atoms in total. The summed E-state index contributed by atoms with van der Waals surface area (Å²) in [6.07, 6.45) is 3.67. The summed E-state index contributed by atoms with van der Waals surface area (Å²) in [5.41, 5.74) is 9.69. The number of benzene rings is 2. The van der Waals surface area contributed by atoms with Gasteiger partial charge >= 0.3 is 6.03 Å². The monoisotopic (exact) mass is 388 g/mol. The molecule has 0 aliphatic carbocycles. The molecule has 0 saturated heterocycles. The van der Waals surface area contributed by atoms with Crippen LogP contribution in [-0.4, -0.2) is 35.5 Å². The maximum atomic E-state index is 12.3. The van der Waals surface area contributed by atoms with Crippen molar-refractivity contribution in [3.63, 3.8) is 0 Å². The van der Waals surface area contributed by atoms with E-state index in [1.54, 1.807) is 24.3 Å². The summed E-state index contributed by atoms with van der Waals surface area (Å²) in [7, 11) is 0. The number of rotatable bonds is 6. The van der Waals surface area contributed by atoms with E-state index in [0.29, 0.717) is 30.5 Å². The number of carbonyl (C=O) groups excluding carboxylic acids is 3. The Morgan fingerprint density at radius 3 is 2.31 bits per heavy atom. The molecule has 0 unspecified atom stereocenters. The molecule has 3 N–H and O–H groups in total. The lowest BCUT2D eigenvalue weighted by Gasteiger charge is -2.12. The molecule has 1 heterocycles. The van der Waals surface area contributed by atoms with E-state index in [0.717, 1.165) is 17.5 Å². The first kappa shape index (κ1) is 19.8. The molecule has 0 radical (unpaired) electrons. The Labute approximate surface area is 168 Å². The molecule has 0 saturated carbocycles. The zero-order chi connectivity index (χ0) is 20.6. The van der Waals surface area contributed by atoms with E-state index in [4.69, 9.17) is 5.73 Å². The number of hydrogen-bond donors (Lipinski definition) is 2. The van der Waals surface area contributed by atoms with Crippen LogP contribution in [0.3, 0.4) is 0 Å². The van der Waals surface area contributed by atoms with Crippen LogP contribution in [0.2, 0.25) is 0 Å². The third kappa shape index (κ3) is 5.08. The predicted molar refractivity (Wildman–Crippen MR) is 109 cm³/mol. The van der Waals surface area contributed by atoms with Gasteiger partial charge in [-0.3, -0.25) is 14.5 Å². The standard InChI is InChI=1S/C22H20N4O3/c23-22(29)25-24-15-17-12-10-16(11-13-17)7-3-1-2-6-14-26-20(27)18-8-4-5-9-19(18)21(26)28/h4-5,8-13,15H,1-2,6,14H2,(H3,23,25,29). The topological polar surface area (TPSA) is 105 Å². The van der Waals surface area contributed by atoms with Crippen LogP contribution >= 0.6 is 0 Å². The molecule has 0 fully saturated rings. The summed E-state index contributed by atoms with van der Waals surface area (Å²) in [6.45, 7) is 0.404. The molecular weight excluding hydrogens is 368 g/mol. The smallest absolute Gasteiger partial charge is 0.332 e. The van der Waals surface area contributed by atoms with Gasteiger partial charge in [-0.2, -0.15) is 5.10 Å². The summed E-state index contributed by atoms with van der Waals surface area (Å²) < 4.78 is 0. The molecule has 146 valence electrons. The number of nitrogens with zero attached hydrogens (tertiary/aromatic N) is 2. The van der Waals surface area contributed by atoms with Gasteiger partial charge in [0.05, 0.1) is 17.3 Å². The Bertz CT molecular complexity index is 981. The molecule has 1 aliphatic rings. The maximum Gasteiger partial charge on any atom is 0.332 e. The molecule has 7 heteroatoms. The van der Waals surface area contributed by atoms with E-state index >= 15 is 0 Å². The Morgan fingerprint density at radius 2 is 1.69 bits per heavy atom. The van der Waals surface area contributed by atoms with E-state index in [-0.39, 0.29) is 11.8 Å². The Balaban J connectivity index is 1.42. The molecule has 0 atom stereocenters. The summed E-state index contributed by atoms with van der Waals surface area (Å²) in [6, 6.07) is 13.6. The summed E-state index contributed by atoms with van der Waals surface area (Å²) in [5, 5.41) is 3.69. The van der Waals surface area contributed by atoms with Crippen molar-refractivity contribution >= 4 is 24.1 Å². The van der Waals surface area contributed by atoms with E-state index in [1.807, 2.05) is 24.3 Å². The number of imide groups is 1. The van der Waals surface area contributed by atoms with E-state index in [9.17, 15) is 14.4 Å². The van der Waals surface area contributed by atoms with Crippen LogP contribution in [0, 0.1) is 11.8 Å². The number of nitrogens with one attached hydrogen (secondary N) is 1. The number of hydrogen-bond acceptors (Lipinski definition) is 4. The number of carbonyl (C=O) groups is 3. The lowest BCUT2D eigenvalue weighted by atomic mass is 10.1. The van der Waals surface area contributed by atoms with Crippen molar-refractivity contribution in [2.24, 2.45) is 10.8 Å². The molecule has 0 spiro atoms. The van der Waals surface area contributed by atoms with Gasteiger partial charge < -0.3 is 5.73 Å². The van der Waals surface area contributed by atoms with Crippen LogP contribution in [0.25, 0.3) is 0 Å². The predicted octanol–water partition coefficient (Wildman–Crippen LogP) is 2.51. The largest absolute Gasteiger partial charge is 0.350 e. The van der Waals surface area contributed by atoms with E-state index in [2.05, 4.69) is 22.4 Å². The second-order valence-electron chi connectivity index (χ2n) is 6.42. The number of fused-ring (bicyclic) bond motifs is 1. The molecule has 3 rings (SSSR count). The van der Waals surface area contributed by atoms with E-state index < -0.39 is 6.03 Å². The fourth-order valence-electron chi connectivity index (χ4n) is 2.91. The molecule has 0 aromatic heterocycles. The molecule has 1 aliphatic heterocycles. The number of amides is 4. The van der Waals surface area contributed by atoms with Crippen molar-refractivity contribution in [3.8, 4) is 11.8 Å². The zero-order valence-corrected chi connectivity index (χ0v) is 15.7. The maximum absolute atomic E-state index is 12.3. The summed E-state index contributed by atoms with van der Waals surface area (Å²) in [4.78, 5) is 36.4. The molecule has 0 bridgehead atoms. The third-order valence-electron chi connectivity index (χ3n) is 4.34. The van der Waals surface area contributed by atoms with Crippen LogP contribution < -0.4 is 11.2 Å². The van der Waals surface area contributed by atoms with Gasteiger partial charge in [-0.15, -0.1) is 0 Å². The van der Waals surface area contributed by atoms with Gasteiger partial charge in [-0.1, -0.05) is 36.1 Å². The third-order valence-corrected chi connectivity index (χ3v) is 4.34. The number of urea groups is 1. The lowest BCUT2D eigenvalue weighted by Crippen LogP contribution is -2.30. The Morgan fingerprint density at radius 1 is 1.03 bits per heavy atom. The van der Waals surface area contributed by atoms with Crippen LogP contribution in [-0.2, 0) is 0 Å². The molecule has 2 aromatic carbocycles. The number of primary amides is 1.